The van der Waals surface area contributed by atoms with Crippen molar-refractivity contribution < 1.29 is 0 Å². The number of imidazole rings is 1. The number of benzene rings is 1. The van der Waals surface area contributed by atoms with Gasteiger partial charge in [-0.05, 0) is 49.4 Å². The normalized spacial score (nSPS) is 22.0. The number of rotatable bonds is 4. The summed E-state index contributed by atoms with van der Waals surface area (Å²) in [7, 11) is 0. The van der Waals surface area contributed by atoms with Crippen LogP contribution in [0.2, 0.25) is 0 Å². The van der Waals surface area contributed by atoms with E-state index in [4.69, 9.17) is 0 Å². The number of aromatic nitrogens is 4. The third-order valence-corrected chi connectivity index (χ3v) is 5.58. The van der Waals surface area contributed by atoms with E-state index in [2.05, 4.69) is 43.8 Å². The quantitative estimate of drug-likeness (QED) is 0.666. The molecule has 1 fully saturated rings. The largest absolute Gasteiger partial charge is 0.354 e. The molecule has 0 bridgehead atoms. The molecule has 0 amide bonds. The minimum absolute atomic E-state index is 0.0363. The van der Waals surface area contributed by atoms with Crippen LogP contribution >= 0.6 is 0 Å². The Hall–Kier alpha value is -2.67. The third kappa shape index (κ3) is 2.59. The summed E-state index contributed by atoms with van der Waals surface area (Å²) in [6.45, 7) is 2.95. The predicted molar refractivity (Wildman–Crippen MR) is 101 cm³/mol. The van der Waals surface area contributed by atoms with E-state index < -0.39 is 0 Å². The van der Waals surface area contributed by atoms with Crippen molar-refractivity contribution in [1.82, 2.24) is 24.8 Å². The summed E-state index contributed by atoms with van der Waals surface area (Å²) >= 11 is 0. The van der Waals surface area contributed by atoms with Crippen molar-refractivity contribution in [2.45, 2.75) is 25.3 Å². The topological polar surface area (TPSA) is 87.6 Å². The lowest BCUT2D eigenvalue weighted by Crippen LogP contribution is -2.22. The Bertz CT molecular complexity index is 1000. The highest BCUT2D eigenvalue weighted by atomic mass is 16.1. The fourth-order valence-electron chi connectivity index (χ4n) is 4.22. The van der Waals surface area contributed by atoms with Crippen LogP contribution in [-0.4, -0.2) is 39.2 Å². The molecule has 2 aliphatic rings. The molecule has 1 aromatic carbocycles. The fraction of sp³-hybridized carbons (Fsp3) is 0.421. The second-order valence-corrected chi connectivity index (χ2v) is 7.22. The maximum absolute atomic E-state index is 12.6. The van der Waals surface area contributed by atoms with Gasteiger partial charge in [-0.3, -0.25) is 4.57 Å². The van der Waals surface area contributed by atoms with E-state index in [9.17, 15) is 4.79 Å². The van der Waals surface area contributed by atoms with Crippen molar-refractivity contribution in [1.29, 1.82) is 0 Å². The van der Waals surface area contributed by atoms with Gasteiger partial charge in [0.25, 0.3) is 0 Å². The van der Waals surface area contributed by atoms with Crippen LogP contribution in [0.5, 0.6) is 0 Å². The minimum Gasteiger partial charge on any atom is -0.354 e. The molecule has 2 atom stereocenters. The number of hydrogen-bond donors (Lipinski definition) is 3. The van der Waals surface area contributed by atoms with Crippen molar-refractivity contribution >= 4 is 17.1 Å². The monoisotopic (exact) mass is 350 g/mol. The van der Waals surface area contributed by atoms with E-state index in [1.54, 1.807) is 10.8 Å². The summed E-state index contributed by atoms with van der Waals surface area (Å²) < 4.78 is 1.80. The number of fused-ring (bicyclic) bond motifs is 2. The second kappa shape index (κ2) is 6.25. The molecule has 3 N–H and O–H groups in total. The van der Waals surface area contributed by atoms with Gasteiger partial charge in [0, 0.05) is 6.54 Å². The van der Waals surface area contributed by atoms with Gasteiger partial charge in [0.2, 0.25) is 5.95 Å². The van der Waals surface area contributed by atoms with E-state index >= 15 is 0 Å². The maximum atomic E-state index is 12.6. The Morgan fingerprint density at radius 1 is 1.27 bits per heavy atom. The van der Waals surface area contributed by atoms with Gasteiger partial charge in [-0.15, -0.1) is 0 Å². The molecular weight excluding hydrogens is 328 g/mol. The summed E-state index contributed by atoms with van der Waals surface area (Å²) in [6, 6.07) is 8.39. The van der Waals surface area contributed by atoms with Gasteiger partial charge >= 0.3 is 5.69 Å². The van der Waals surface area contributed by atoms with Crippen LogP contribution in [0, 0.1) is 5.92 Å². The summed E-state index contributed by atoms with van der Waals surface area (Å²) in [4.78, 5) is 24.6. The molecule has 5 rings (SSSR count). The van der Waals surface area contributed by atoms with E-state index in [1.807, 2.05) is 6.07 Å². The first kappa shape index (κ1) is 15.6. The average molecular weight is 350 g/mol. The van der Waals surface area contributed by atoms with Crippen molar-refractivity contribution in [3.05, 3.63) is 52.1 Å². The van der Waals surface area contributed by atoms with Crippen LogP contribution in [0.1, 0.15) is 30.0 Å². The first-order valence-electron chi connectivity index (χ1n) is 9.29. The minimum atomic E-state index is -0.117. The van der Waals surface area contributed by atoms with Gasteiger partial charge in [-0.25, -0.2) is 9.78 Å². The Morgan fingerprint density at radius 3 is 3.08 bits per heavy atom. The lowest BCUT2D eigenvalue weighted by atomic mass is 10.1. The third-order valence-electron chi connectivity index (χ3n) is 5.58. The number of aromatic amines is 1. The predicted octanol–water partition coefficient (Wildman–Crippen LogP) is 1.68. The van der Waals surface area contributed by atoms with Gasteiger partial charge in [0.05, 0.1) is 12.2 Å². The van der Waals surface area contributed by atoms with E-state index in [0.717, 1.165) is 32.5 Å². The molecule has 3 heterocycles. The Labute approximate surface area is 150 Å². The molecule has 7 heteroatoms. The molecule has 7 nitrogen and oxygen atoms in total. The summed E-state index contributed by atoms with van der Waals surface area (Å²) in [5.41, 5.74) is 3.79. The van der Waals surface area contributed by atoms with Gasteiger partial charge in [-0.1, -0.05) is 24.3 Å². The Balaban J connectivity index is 1.50. The zero-order valence-electron chi connectivity index (χ0n) is 14.5. The lowest BCUT2D eigenvalue weighted by Gasteiger charge is -2.14. The maximum Gasteiger partial charge on any atom is 0.328 e. The second-order valence-electron chi connectivity index (χ2n) is 7.22. The molecule has 1 aliphatic heterocycles. The number of nitrogens with zero attached hydrogens (tertiary/aromatic N) is 3. The van der Waals surface area contributed by atoms with E-state index in [0.29, 0.717) is 23.0 Å². The van der Waals surface area contributed by atoms with Gasteiger partial charge in [0.15, 0.2) is 5.65 Å². The number of nitrogens with one attached hydrogen (secondary N) is 3. The van der Waals surface area contributed by atoms with E-state index in [-0.39, 0.29) is 11.7 Å². The highest BCUT2D eigenvalue weighted by Crippen LogP contribution is 2.34. The standard InChI is InChI=1S/C19H22N6O/c26-19-23-15-11-22-18(21-10-12-7-8-20-9-12)24-17(15)25(19)16-6-5-13-3-1-2-4-14(13)16/h1-4,11-12,16,20H,5-10H2,(H,23,26)(H,21,22,24). The molecular formula is C19H22N6O. The first-order chi connectivity index (χ1) is 12.8. The molecule has 26 heavy (non-hydrogen) atoms. The fourth-order valence-corrected chi connectivity index (χ4v) is 4.22. The van der Waals surface area contributed by atoms with Crippen molar-refractivity contribution in [3.8, 4) is 0 Å². The smallest absolute Gasteiger partial charge is 0.328 e. The molecule has 0 saturated carbocycles. The van der Waals surface area contributed by atoms with Crippen LogP contribution < -0.4 is 16.3 Å². The lowest BCUT2D eigenvalue weighted by molar-refractivity contribution is 0.574. The van der Waals surface area contributed by atoms with Gasteiger partial charge < -0.3 is 15.6 Å². The molecule has 0 radical (unpaired) electrons. The molecule has 1 saturated heterocycles. The van der Waals surface area contributed by atoms with Crippen molar-refractivity contribution in [2.24, 2.45) is 5.92 Å². The molecule has 0 spiro atoms. The van der Waals surface area contributed by atoms with Crippen LogP contribution in [0.25, 0.3) is 11.2 Å². The van der Waals surface area contributed by atoms with E-state index in [1.165, 1.54) is 17.5 Å². The summed E-state index contributed by atoms with van der Waals surface area (Å²) in [5, 5.41) is 6.70. The zero-order chi connectivity index (χ0) is 17.5. The zero-order valence-corrected chi connectivity index (χ0v) is 14.5. The van der Waals surface area contributed by atoms with Crippen LogP contribution in [-0.2, 0) is 6.42 Å². The van der Waals surface area contributed by atoms with Crippen molar-refractivity contribution in [3.63, 3.8) is 0 Å². The van der Waals surface area contributed by atoms with Crippen LogP contribution in [0.4, 0.5) is 5.95 Å². The summed E-state index contributed by atoms with van der Waals surface area (Å²) in [6.07, 6.45) is 4.79. The van der Waals surface area contributed by atoms with Gasteiger partial charge in [0.1, 0.15) is 5.52 Å². The Morgan fingerprint density at radius 2 is 2.19 bits per heavy atom. The molecule has 2 unspecified atom stereocenters. The molecule has 134 valence electrons. The Kier molecular flexibility index (Phi) is 3.74. The SMILES string of the molecule is O=c1[nH]c2cnc(NCC3CCNC3)nc2n1C1CCc2ccccc21. The first-order valence-corrected chi connectivity index (χ1v) is 9.29. The molecule has 3 aromatic rings. The highest BCUT2D eigenvalue weighted by molar-refractivity contribution is 5.71. The number of aryl methyl sites for hydroxylation is 1. The number of H-pyrrole nitrogens is 1. The molecule has 2 aromatic heterocycles. The number of anilines is 1. The number of hydrogen-bond acceptors (Lipinski definition) is 5. The van der Waals surface area contributed by atoms with Crippen LogP contribution in [0.3, 0.4) is 0 Å². The van der Waals surface area contributed by atoms with Crippen LogP contribution in [0.15, 0.2) is 35.3 Å². The summed E-state index contributed by atoms with van der Waals surface area (Å²) in [5.74, 6) is 1.19. The average Bonchev–Trinajstić information content (AvgIpc) is 3.37. The molecule has 1 aliphatic carbocycles. The van der Waals surface area contributed by atoms with Crippen molar-refractivity contribution in [2.75, 3.05) is 25.0 Å². The highest BCUT2D eigenvalue weighted by Gasteiger charge is 2.27. The van der Waals surface area contributed by atoms with Gasteiger partial charge in [-0.2, -0.15) is 4.98 Å².